The number of anilines is 1. The van der Waals surface area contributed by atoms with Crippen molar-refractivity contribution in [1.82, 2.24) is 14.9 Å². The van der Waals surface area contributed by atoms with Crippen LogP contribution < -0.4 is 14.4 Å². The van der Waals surface area contributed by atoms with Crippen molar-refractivity contribution in [1.29, 1.82) is 0 Å². The first-order valence-corrected chi connectivity index (χ1v) is 17.2. The van der Waals surface area contributed by atoms with E-state index in [1.54, 1.807) is 82.4 Å². The molecule has 2 aromatic heterocycles. The van der Waals surface area contributed by atoms with Crippen LogP contribution in [0.4, 0.5) is 24.6 Å². The van der Waals surface area contributed by atoms with Gasteiger partial charge in [0.05, 0.1) is 26.0 Å². The Hall–Kier alpha value is -5.47. The number of ether oxygens (including phenoxy) is 6. The third kappa shape index (κ3) is 12.0. The first kappa shape index (κ1) is 42.9. The lowest BCUT2D eigenvalue weighted by Crippen LogP contribution is -2.44. The molecule has 0 saturated heterocycles. The molecule has 0 radical (unpaired) electrons. The van der Waals surface area contributed by atoms with Crippen LogP contribution in [0.15, 0.2) is 42.7 Å². The molecule has 0 fully saturated rings. The molecule has 0 unspecified atom stereocenters. The van der Waals surface area contributed by atoms with Crippen LogP contribution in [0.5, 0.6) is 11.5 Å². The molecule has 3 amide bonds. The number of halogens is 1. The van der Waals surface area contributed by atoms with E-state index in [0.717, 1.165) is 12.1 Å². The Morgan fingerprint density at radius 1 is 0.778 bits per heavy atom. The summed E-state index contributed by atoms with van der Waals surface area (Å²) in [5, 5.41) is 0. The number of nitrogens with zero attached hydrogens (tertiary/aromatic N) is 4. The third-order valence-electron chi connectivity index (χ3n) is 7.22. The zero-order valence-electron chi connectivity index (χ0n) is 33.3. The Bertz CT molecular complexity index is 1820. The number of benzene rings is 1. The highest BCUT2D eigenvalue weighted by atomic mass is 19.1. The van der Waals surface area contributed by atoms with E-state index in [0.29, 0.717) is 33.9 Å². The highest BCUT2D eigenvalue weighted by molar-refractivity contribution is 6.10. The zero-order chi connectivity index (χ0) is 40.8. The summed E-state index contributed by atoms with van der Waals surface area (Å²) in [6.45, 7) is 17.0. The molecule has 0 bridgehead atoms. The molecule has 0 saturated carbocycles. The summed E-state index contributed by atoms with van der Waals surface area (Å²) in [6, 6.07) is 6.75. The minimum Gasteiger partial charge on any atom is -0.494 e. The second-order valence-electron chi connectivity index (χ2n) is 15.4. The monoisotopic (exact) mass is 754 g/mol. The smallest absolute Gasteiger partial charge is 0.425 e. The number of likely N-dealkylation sites (N-methyl/N-ethyl adjacent to an activating group) is 1. The zero-order valence-corrected chi connectivity index (χ0v) is 33.3. The number of pyridine rings is 2. The minimum absolute atomic E-state index is 0.0324. The van der Waals surface area contributed by atoms with E-state index in [2.05, 4.69) is 9.97 Å². The molecule has 0 N–H and O–H groups in total. The maximum Gasteiger partial charge on any atom is 0.425 e. The van der Waals surface area contributed by atoms with Crippen LogP contribution in [0.1, 0.15) is 97.0 Å². The van der Waals surface area contributed by atoms with E-state index in [-0.39, 0.29) is 29.2 Å². The van der Waals surface area contributed by atoms with Crippen molar-refractivity contribution in [2.24, 2.45) is 0 Å². The average Bonchev–Trinajstić information content (AvgIpc) is 3.04. The molecule has 0 spiro atoms. The molecule has 0 aliphatic rings. The summed E-state index contributed by atoms with van der Waals surface area (Å²) in [7, 11) is 4.28. The van der Waals surface area contributed by atoms with Crippen molar-refractivity contribution in [3.8, 4) is 22.6 Å². The van der Waals surface area contributed by atoms with Gasteiger partial charge in [0.15, 0.2) is 11.6 Å². The second kappa shape index (κ2) is 17.1. The van der Waals surface area contributed by atoms with Gasteiger partial charge in [0.2, 0.25) is 0 Å². The number of hydrogen-bond acceptors (Lipinski definition) is 12. The Kier molecular flexibility index (Phi) is 13.6. The Morgan fingerprint density at radius 3 is 1.89 bits per heavy atom. The SMILES string of the molecule is COC(=O)c1ccc(F)cc1[C@@H](C)Oc1cc(-c2cc(CCN(C)C(=O)OC(C)(C)C)ncc2OC)cnc1N(C(=O)OC(C)(C)C)C(=O)OC(C)(C)C. The van der Waals surface area contributed by atoms with Crippen LogP contribution in [0.2, 0.25) is 0 Å². The highest BCUT2D eigenvalue weighted by Crippen LogP contribution is 2.39. The molecule has 0 aliphatic carbocycles. The van der Waals surface area contributed by atoms with Crippen LogP contribution in [-0.4, -0.2) is 83.7 Å². The molecule has 54 heavy (non-hydrogen) atoms. The average molecular weight is 755 g/mol. The summed E-state index contributed by atoms with van der Waals surface area (Å²) < 4.78 is 48.1. The molecule has 15 heteroatoms. The molecule has 294 valence electrons. The molecular weight excluding hydrogens is 703 g/mol. The van der Waals surface area contributed by atoms with Crippen molar-refractivity contribution in [2.45, 2.75) is 98.6 Å². The van der Waals surface area contributed by atoms with Crippen LogP contribution >= 0.6 is 0 Å². The van der Waals surface area contributed by atoms with Crippen LogP contribution in [0, 0.1) is 5.82 Å². The van der Waals surface area contributed by atoms with E-state index < -0.39 is 53.0 Å². The van der Waals surface area contributed by atoms with E-state index in [4.69, 9.17) is 28.4 Å². The topological polar surface area (TPSA) is 156 Å². The normalized spacial score (nSPS) is 12.3. The van der Waals surface area contributed by atoms with Crippen molar-refractivity contribution in [2.75, 3.05) is 32.7 Å². The first-order chi connectivity index (χ1) is 24.9. The predicted octanol–water partition coefficient (Wildman–Crippen LogP) is 8.30. The summed E-state index contributed by atoms with van der Waals surface area (Å²) >= 11 is 0. The van der Waals surface area contributed by atoms with Gasteiger partial charge in [0.25, 0.3) is 0 Å². The Balaban J connectivity index is 2.22. The minimum atomic E-state index is -1.10. The number of imide groups is 1. The van der Waals surface area contributed by atoms with E-state index in [1.165, 1.54) is 43.6 Å². The van der Waals surface area contributed by atoms with Crippen molar-refractivity contribution in [3.05, 3.63) is 65.4 Å². The summed E-state index contributed by atoms with van der Waals surface area (Å²) in [6.07, 6.45) is -0.506. The maximum atomic E-state index is 14.6. The lowest BCUT2D eigenvalue weighted by molar-refractivity contribution is 0.0298. The molecule has 2 heterocycles. The number of aromatic nitrogens is 2. The predicted molar refractivity (Wildman–Crippen MR) is 198 cm³/mol. The number of carbonyl (C=O) groups is 4. The van der Waals surface area contributed by atoms with E-state index >= 15 is 0 Å². The largest absolute Gasteiger partial charge is 0.494 e. The van der Waals surface area contributed by atoms with Gasteiger partial charge in [-0.15, -0.1) is 0 Å². The molecule has 3 aromatic rings. The lowest BCUT2D eigenvalue weighted by atomic mass is 10.0. The standard InChI is InChI=1S/C39H51FN4O10/c1-23(28-19-25(40)14-15-27(28)33(45)50-13)51-30-18-24(21-42-32(30)44(35(47)53-38(5,6)7)36(48)54-39(8,9)10)29-20-26(41-22-31(29)49-12)16-17-43(11)34(46)52-37(2,3)4/h14-15,18-23H,16-17H2,1-13H3/t23-/m1/s1. The van der Waals surface area contributed by atoms with Crippen LogP contribution in [-0.2, 0) is 25.4 Å². The summed E-state index contributed by atoms with van der Waals surface area (Å²) in [5.41, 5.74) is -1.06. The lowest BCUT2D eigenvalue weighted by Gasteiger charge is -2.29. The van der Waals surface area contributed by atoms with E-state index in [9.17, 15) is 23.6 Å². The fourth-order valence-electron chi connectivity index (χ4n) is 4.85. The molecule has 14 nitrogen and oxygen atoms in total. The van der Waals surface area contributed by atoms with Crippen molar-refractivity contribution in [3.63, 3.8) is 0 Å². The molecule has 1 atom stereocenters. The Labute approximate surface area is 315 Å². The molecular formula is C39H51FN4O10. The fourth-order valence-corrected chi connectivity index (χ4v) is 4.85. The summed E-state index contributed by atoms with van der Waals surface area (Å²) in [5.74, 6) is -1.47. The molecule has 3 rings (SSSR count). The van der Waals surface area contributed by atoms with Gasteiger partial charge in [0.1, 0.15) is 34.5 Å². The van der Waals surface area contributed by atoms with Gasteiger partial charge in [-0.1, -0.05) is 0 Å². The van der Waals surface area contributed by atoms with E-state index in [1.807, 2.05) is 0 Å². The number of rotatable bonds is 10. The Morgan fingerprint density at radius 2 is 1.35 bits per heavy atom. The third-order valence-corrected chi connectivity index (χ3v) is 7.22. The molecule has 1 aromatic carbocycles. The van der Waals surface area contributed by atoms with Crippen molar-refractivity contribution < 1.29 is 52.0 Å². The quantitative estimate of drug-likeness (QED) is 0.144. The number of methoxy groups -OCH3 is 2. The highest BCUT2D eigenvalue weighted by Gasteiger charge is 2.36. The fraction of sp³-hybridized carbons (Fsp3) is 0.487. The van der Waals surface area contributed by atoms with Gasteiger partial charge in [-0.05, 0) is 99.6 Å². The van der Waals surface area contributed by atoms with Gasteiger partial charge in [-0.25, -0.2) is 28.6 Å². The van der Waals surface area contributed by atoms with Crippen LogP contribution in [0.3, 0.4) is 0 Å². The number of esters is 1. The summed E-state index contributed by atoms with van der Waals surface area (Å²) in [4.78, 5) is 63.7. The first-order valence-electron chi connectivity index (χ1n) is 17.2. The van der Waals surface area contributed by atoms with Crippen LogP contribution in [0.25, 0.3) is 11.1 Å². The van der Waals surface area contributed by atoms with Gasteiger partial charge < -0.3 is 33.3 Å². The number of carbonyl (C=O) groups excluding carboxylic acids is 4. The van der Waals surface area contributed by atoms with Gasteiger partial charge >= 0.3 is 24.2 Å². The van der Waals surface area contributed by atoms with Crippen molar-refractivity contribution >= 4 is 30.1 Å². The maximum absolute atomic E-state index is 14.6. The molecule has 0 aliphatic heterocycles. The van der Waals surface area contributed by atoms with Gasteiger partial charge in [-0.2, -0.15) is 4.90 Å². The number of amides is 3. The second-order valence-corrected chi connectivity index (χ2v) is 15.4. The number of hydrogen-bond donors (Lipinski definition) is 0. The van der Waals surface area contributed by atoms with Gasteiger partial charge in [-0.3, -0.25) is 4.98 Å². The van der Waals surface area contributed by atoms with Gasteiger partial charge in [0, 0.05) is 48.6 Å².